The first-order valence-corrected chi connectivity index (χ1v) is 8.27. The van der Waals surface area contributed by atoms with Crippen LogP contribution in [0.2, 0.25) is 0 Å². The van der Waals surface area contributed by atoms with Crippen molar-refractivity contribution < 1.29 is 22.7 Å². The Balaban J connectivity index is 1.88. The van der Waals surface area contributed by atoms with Gasteiger partial charge in [-0.15, -0.1) is 0 Å². The van der Waals surface area contributed by atoms with Crippen LogP contribution in [0.25, 0.3) is 0 Å². The summed E-state index contributed by atoms with van der Waals surface area (Å²) >= 11 is 0. The smallest absolute Gasteiger partial charge is 0.387 e. The van der Waals surface area contributed by atoms with Crippen LogP contribution in [-0.2, 0) is 6.54 Å². The van der Waals surface area contributed by atoms with E-state index >= 15 is 0 Å². The normalized spacial score (nSPS) is 10.8. The summed E-state index contributed by atoms with van der Waals surface area (Å²) in [7, 11) is 0. The minimum Gasteiger partial charge on any atom is -0.435 e. The minimum absolute atomic E-state index is 0.0921. The van der Waals surface area contributed by atoms with E-state index in [0.29, 0.717) is 4.57 Å². The molecule has 1 aromatic heterocycles. The fraction of sp³-hybridized carbons (Fsp3) is 0.105. The lowest BCUT2D eigenvalue weighted by Gasteiger charge is -2.10. The number of alkyl halides is 2. The van der Waals surface area contributed by atoms with Crippen LogP contribution in [0, 0.1) is 5.82 Å². The molecule has 29 heavy (non-hydrogen) atoms. The van der Waals surface area contributed by atoms with Gasteiger partial charge in [-0.05, 0) is 18.2 Å². The Morgan fingerprint density at radius 2 is 1.90 bits per heavy atom. The second kappa shape index (κ2) is 8.46. The van der Waals surface area contributed by atoms with Gasteiger partial charge in [0.05, 0.1) is 6.54 Å². The van der Waals surface area contributed by atoms with E-state index in [1.165, 1.54) is 36.4 Å². The Morgan fingerprint density at radius 3 is 2.62 bits per heavy atom. The standard InChI is InChI=1S/C19H14F3N3O4/c20-15-7-2-1-4-11(15)10-25-17(27)14(9-23-19(25)28)16(26)24-12-5-3-6-13(8-12)29-18(21)22/h1-9,18H,10H2,(H,23,28)(H,24,26). The molecule has 0 aliphatic rings. The molecule has 7 nitrogen and oxygen atoms in total. The summed E-state index contributed by atoms with van der Waals surface area (Å²) < 4.78 is 43.4. The number of nitrogens with one attached hydrogen (secondary N) is 2. The lowest BCUT2D eigenvalue weighted by Crippen LogP contribution is -2.39. The average molecular weight is 405 g/mol. The molecule has 0 saturated heterocycles. The number of ether oxygens (including phenoxy) is 1. The number of carbonyl (C=O) groups is 1. The van der Waals surface area contributed by atoms with Crippen LogP contribution in [0.4, 0.5) is 18.9 Å². The molecule has 0 bridgehead atoms. The van der Waals surface area contributed by atoms with Gasteiger partial charge < -0.3 is 15.0 Å². The van der Waals surface area contributed by atoms with Gasteiger partial charge in [0.2, 0.25) is 0 Å². The molecule has 0 saturated carbocycles. The number of aromatic amines is 1. The van der Waals surface area contributed by atoms with Gasteiger partial charge in [-0.1, -0.05) is 24.3 Å². The Labute approximate surface area is 161 Å². The van der Waals surface area contributed by atoms with Gasteiger partial charge in [-0.25, -0.2) is 9.18 Å². The van der Waals surface area contributed by atoms with Crippen LogP contribution < -0.4 is 21.3 Å². The first kappa shape index (κ1) is 19.9. The molecular formula is C19H14F3N3O4. The number of amides is 1. The molecule has 0 aliphatic carbocycles. The van der Waals surface area contributed by atoms with Crippen LogP contribution in [0.3, 0.4) is 0 Å². The highest BCUT2D eigenvalue weighted by Gasteiger charge is 2.16. The monoisotopic (exact) mass is 405 g/mol. The molecule has 2 aromatic carbocycles. The average Bonchev–Trinajstić information content (AvgIpc) is 2.66. The summed E-state index contributed by atoms with van der Waals surface area (Å²) in [5.74, 6) is -1.68. The maximum absolute atomic E-state index is 13.8. The van der Waals surface area contributed by atoms with Gasteiger partial charge in [0.1, 0.15) is 17.1 Å². The number of H-pyrrole nitrogens is 1. The number of benzene rings is 2. The zero-order valence-corrected chi connectivity index (χ0v) is 14.7. The van der Waals surface area contributed by atoms with Gasteiger partial charge in [0.25, 0.3) is 11.5 Å². The number of nitrogens with zero attached hydrogens (tertiary/aromatic N) is 1. The van der Waals surface area contributed by atoms with Crippen molar-refractivity contribution in [2.75, 3.05) is 5.32 Å². The fourth-order valence-corrected chi connectivity index (χ4v) is 2.56. The minimum atomic E-state index is -3.04. The van der Waals surface area contributed by atoms with E-state index < -0.39 is 35.1 Å². The summed E-state index contributed by atoms with van der Waals surface area (Å²) in [5.41, 5.74) is -1.98. The third kappa shape index (κ3) is 4.72. The second-order valence-corrected chi connectivity index (χ2v) is 5.85. The van der Waals surface area contributed by atoms with E-state index in [1.807, 2.05) is 0 Å². The van der Waals surface area contributed by atoms with Crippen molar-refractivity contribution in [3.63, 3.8) is 0 Å². The molecule has 1 amide bonds. The Hall–Kier alpha value is -3.82. The topological polar surface area (TPSA) is 93.2 Å². The lowest BCUT2D eigenvalue weighted by molar-refractivity contribution is -0.0498. The third-order valence-corrected chi connectivity index (χ3v) is 3.91. The summed E-state index contributed by atoms with van der Waals surface area (Å²) in [6, 6.07) is 10.8. The van der Waals surface area contributed by atoms with Crippen LogP contribution >= 0.6 is 0 Å². The van der Waals surface area contributed by atoms with Crippen molar-refractivity contribution in [3.05, 3.63) is 92.5 Å². The van der Waals surface area contributed by atoms with Gasteiger partial charge in [-0.3, -0.25) is 14.2 Å². The molecule has 0 fully saturated rings. The van der Waals surface area contributed by atoms with Gasteiger partial charge in [-0.2, -0.15) is 8.78 Å². The number of anilines is 1. The van der Waals surface area contributed by atoms with Crippen LogP contribution in [0.15, 0.2) is 64.3 Å². The predicted octanol–water partition coefficient (Wildman–Crippen LogP) is 2.58. The third-order valence-electron chi connectivity index (χ3n) is 3.91. The summed E-state index contributed by atoms with van der Waals surface area (Å²) in [6.07, 6.45) is 0.928. The lowest BCUT2D eigenvalue weighted by atomic mass is 10.2. The second-order valence-electron chi connectivity index (χ2n) is 5.85. The molecule has 1 heterocycles. The molecule has 3 rings (SSSR count). The van der Waals surface area contributed by atoms with Crippen LogP contribution in [0.5, 0.6) is 5.75 Å². The Bertz CT molecular complexity index is 1160. The predicted molar refractivity (Wildman–Crippen MR) is 97.9 cm³/mol. The molecular weight excluding hydrogens is 391 g/mol. The van der Waals surface area contributed by atoms with Crippen molar-refractivity contribution in [3.8, 4) is 5.75 Å². The van der Waals surface area contributed by atoms with Crippen molar-refractivity contribution in [1.29, 1.82) is 0 Å². The van der Waals surface area contributed by atoms with Gasteiger partial charge in [0, 0.05) is 23.5 Å². The largest absolute Gasteiger partial charge is 0.435 e. The molecule has 0 atom stereocenters. The number of rotatable bonds is 6. The molecule has 0 unspecified atom stereocenters. The quantitative estimate of drug-likeness (QED) is 0.659. The van der Waals surface area contributed by atoms with E-state index in [9.17, 15) is 27.6 Å². The first-order chi connectivity index (χ1) is 13.8. The first-order valence-electron chi connectivity index (χ1n) is 8.27. The zero-order valence-electron chi connectivity index (χ0n) is 14.7. The van der Waals surface area contributed by atoms with Gasteiger partial charge >= 0.3 is 12.3 Å². The molecule has 10 heteroatoms. The summed E-state index contributed by atoms with van der Waals surface area (Å²) in [6.45, 7) is -3.41. The van der Waals surface area contributed by atoms with E-state index in [1.54, 1.807) is 6.07 Å². The van der Waals surface area contributed by atoms with E-state index in [4.69, 9.17) is 0 Å². The molecule has 150 valence electrons. The van der Waals surface area contributed by atoms with E-state index in [2.05, 4.69) is 15.0 Å². The maximum atomic E-state index is 13.8. The number of hydrogen-bond acceptors (Lipinski definition) is 4. The fourth-order valence-electron chi connectivity index (χ4n) is 2.56. The SMILES string of the molecule is O=C(Nc1cccc(OC(F)F)c1)c1c[nH]c(=O)n(Cc2ccccc2F)c1=O. The van der Waals surface area contributed by atoms with Crippen LogP contribution in [-0.4, -0.2) is 22.1 Å². The van der Waals surface area contributed by atoms with Gasteiger partial charge in [0.15, 0.2) is 0 Å². The van der Waals surface area contributed by atoms with Crippen molar-refractivity contribution in [1.82, 2.24) is 9.55 Å². The molecule has 0 aliphatic heterocycles. The van der Waals surface area contributed by atoms with Crippen molar-refractivity contribution in [2.24, 2.45) is 0 Å². The summed E-state index contributed by atoms with van der Waals surface area (Å²) in [5, 5.41) is 2.36. The summed E-state index contributed by atoms with van der Waals surface area (Å²) in [4.78, 5) is 39.3. The van der Waals surface area contributed by atoms with E-state index in [-0.39, 0.29) is 23.5 Å². The Kier molecular flexibility index (Phi) is 5.82. The highest BCUT2D eigenvalue weighted by molar-refractivity contribution is 6.03. The molecule has 0 spiro atoms. The molecule has 3 aromatic rings. The highest BCUT2D eigenvalue weighted by Crippen LogP contribution is 2.19. The zero-order chi connectivity index (χ0) is 21.0. The van der Waals surface area contributed by atoms with Crippen molar-refractivity contribution >= 4 is 11.6 Å². The highest BCUT2D eigenvalue weighted by atomic mass is 19.3. The molecule has 2 N–H and O–H groups in total. The number of hydrogen-bond donors (Lipinski definition) is 2. The number of aromatic nitrogens is 2. The molecule has 0 radical (unpaired) electrons. The number of halogens is 3. The maximum Gasteiger partial charge on any atom is 0.387 e. The number of carbonyl (C=O) groups excluding carboxylic acids is 1. The van der Waals surface area contributed by atoms with Crippen LogP contribution in [0.1, 0.15) is 15.9 Å². The Morgan fingerprint density at radius 1 is 1.14 bits per heavy atom. The van der Waals surface area contributed by atoms with E-state index in [0.717, 1.165) is 12.3 Å². The van der Waals surface area contributed by atoms with Crippen molar-refractivity contribution in [2.45, 2.75) is 13.2 Å².